The summed E-state index contributed by atoms with van der Waals surface area (Å²) in [7, 11) is 1.56. The van der Waals surface area contributed by atoms with Crippen molar-refractivity contribution in [2.75, 3.05) is 44.4 Å². The van der Waals surface area contributed by atoms with Gasteiger partial charge in [-0.05, 0) is 31.5 Å². The molecule has 6 nitrogen and oxygen atoms in total. The summed E-state index contributed by atoms with van der Waals surface area (Å²) in [6, 6.07) is 5.18. The molecule has 1 aliphatic rings. The Bertz CT molecular complexity index is 493. The second-order valence-corrected chi connectivity index (χ2v) is 5.28. The van der Waals surface area contributed by atoms with Crippen molar-refractivity contribution in [3.05, 3.63) is 18.2 Å². The molecule has 1 fully saturated rings. The zero-order valence-corrected chi connectivity index (χ0v) is 12.6. The molecule has 116 valence electrons. The van der Waals surface area contributed by atoms with Crippen molar-refractivity contribution in [3.8, 4) is 5.75 Å². The minimum Gasteiger partial charge on any atom is -0.495 e. The Kier molecular flexibility index (Phi) is 5.41. The molecule has 0 saturated carbocycles. The maximum atomic E-state index is 12.2. The van der Waals surface area contributed by atoms with Gasteiger partial charge in [-0.25, -0.2) is 0 Å². The number of carbonyl (C=O) groups excluding carboxylic acids is 1. The van der Waals surface area contributed by atoms with Gasteiger partial charge in [0.15, 0.2) is 0 Å². The van der Waals surface area contributed by atoms with E-state index in [9.17, 15) is 4.79 Å². The van der Waals surface area contributed by atoms with Crippen LogP contribution >= 0.6 is 0 Å². The predicted octanol–water partition coefficient (Wildman–Crippen LogP) is 1.33. The average Bonchev–Trinajstić information content (AvgIpc) is 2.63. The molecule has 1 heterocycles. The zero-order chi connectivity index (χ0) is 15.2. The van der Waals surface area contributed by atoms with E-state index in [0.717, 1.165) is 26.1 Å². The van der Waals surface area contributed by atoms with Crippen molar-refractivity contribution in [1.82, 2.24) is 4.90 Å². The molecule has 21 heavy (non-hydrogen) atoms. The lowest BCUT2D eigenvalue weighted by molar-refractivity contribution is -0.117. The Labute approximate surface area is 125 Å². The van der Waals surface area contributed by atoms with Gasteiger partial charge in [-0.2, -0.15) is 0 Å². The van der Waals surface area contributed by atoms with Crippen LogP contribution in [-0.4, -0.2) is 50.3 Å². The van der Waals surface area contributed by atoms with Crippen LogP contribution in [0.3, 0.4) is 0 Å². The number of nitrogen functional groups attached to an aromatic ring is 1. The van der Waals surface area contributed by atoms with Crippen LogP contribution in [0.2, 0.25) is 0 Å². The van der Waals surface area contributed by atoms with E-state index in [1.165, 1.54) is 0 Å². The molecule has 0 bridgehead atoms. The Balaban J connectivity index is 1.96. The van der Waals surface area contributed by atoms with Crippen LogP contribution in [0.5, 0.6) is 5.75 Å². The van der Waals surface area contributed by atoms with Crippen LogP contribution in [0.4, 0.5) is 11.4 Å². The van der Waals surface area contributed by atoms with Gasteiger partial charge in [-0.15, -0.1) is 0 Å². The van der Waals surface area contributed by atoms with E-state index in [4.69, 9.17) is 15.2 Å². The van der Waals surface area contributed by atoms with Crippen LogP contribution in [0.25, 0.3) is 0 Å². The van der Waals surface area contributed by atoms with E-state index in [1.54, 1.807) is 25.3 Å². The van der Waals surface area contributed by atoms with E-state index in [-0.39, 0.29) is 12.0 Å². The Morgan fingerprint density at radius 2 is 2.38 bits per heavy atom. The van der Waals surface area contributed by atoms with Crippen LogP contribution in [-0.2, 0) is 9.53 Å². The third-order valence-corrected chi connectivity index (χ3v) is 3.40. The third-order valence-electron chi connectivity index (χ3n) is 3.40. The lowest BCUT2D eigenvalue weighted by atomic mass is 10.2. The molecule has 1 unspecified atom stereocenters. The summed E-state index contributed by atoms with van der Waals surface area (Å²) in [6.45, 7) is 4.75. The van der Waals surface area contributed by atoms with Crippen LogP contribution < -0.4 is 15.8 Å². The number of rotatable bonds is 4. The number of nitrogens with one attached hydrogen (secondary N) is 1. The highest BCUT2D eigenvalue weighted by Crippen LogP contribution is 2.26. The molecule has 0 radical (unpaired) electrons. The van der Waals surface area contributed by atoms with Gasteiger partial charge >= 0.3 is 0 Å². The lowest BCUT2D eigenvalue weighted by Gasteiger charge is -2.21. The molecule has 1 saturated heterocycles. The Hall–Kier alpha value is -1.79. The normalized spacial score (nSPS) is 19.8. The molecule has 2 rings (SSSR count). The van der Waals surface area contributed by atoms with Crippen molar-refractivity contribution in [1.29, 1.82) is 0 Å². The summed E-state index contributed by atoms with van der Waals surface area (Å²) in [5.74, 6) is 0.526. The summed E-state index contributed by atoms with van der Waals surface area (Å²) in [4.78, 5) is 14.3. The first kappa shape index (κ1) is 15.6. The Morgan fingerprint density at radius 3 is 3.14 bits per heavy atom. The number of nitrogens with two attached hydrogens (primary N) is 1. The van der Waals surface area contributed by atoms with Crippen molar-refractivity contribution in [3.63, 3.8) is 0 Å². The van der Waals surface area contributed by atoms with Gasteiger partial charge in [0.2, 0.25) is 5.91 Å². The number of ether oxygens (including phenoxy) is 2. The minimum absolute atomic E-state index is 0.0759. The fraction of sp³-hybridized carbons (Fsp3) is 0.533. The molecular formula is C15H23N3O3. The maximum Gasteiger partial charge on any atom is 0.238 e. The quantitative estimate of drug-likeness (QED) is 0.819. The average molecular weight is 293 g/mol. The van der Waals surface area contributed by atoms with Gasteiger partial charge in [0, 0.05) is 25.4 Å². The molecule has 0 spiro atoms. The standard InChI is InChI=1S/C15H23N3O3/c1-11-9-18(6-3-7-21-11)10-15(19)17-13-8-12(16)4-5-14(13)20-2/h4-5,8,11H,3,6-7,9-10,16H2,1-2H3,(H,17,19). The first-order chi connectivity index (χ1) is 10.1. The van der Waals surface area contributed by atoms with Gasteiger partial charge in [0.25, 0.3) is 0 Å². The van der Waals surface area contributed by atoms with E-state index in [1.807, 2.05) is 6.92 Å². The van der Waals surface area contributed by atoms with Gasteiger partial charge in [0.05, 0.1) is 25.4 Å². The second-order valence-electron chi connectivity index (χ2n) is 5.28. The zero-order valence-electron chi connectivity index (χ0n) is 12.6. The summed E-state index contributed by atoms with van der Waals surface area (Å²) < 4.78 is 10.8. The number of methoxy groups -OCH3 is 1. The molecular weight excluding hydrogens is 270 g/mol. The molecule has 1 aliphatic heterocycles. The molecule has 6 heteroatoms. The number of nitrogens with zero attached hydrogens (tertiary/aromatic N) is 1. The summed E-state index contributed by atoms with van der Waals surface area (Å²) >= 11 is 0. The van der Waals surface area contributed by atoms with Gasteiger partial charge < -0.3 is 20.5 Å². The highest BCUT2D eigenvalue weighted by Gasteiger charge is 2.18. The summed E-state index contributed by atoms with van der Waals surface area (Å²) in [5.41, 5.74) is 6.93. The first-order valence-corrected chi connectivity index (χ1v) is 7.16. The highest BCUT2D eigenvalue weighted by atomic mass is 16.5. The molecule has 0 aromatic heterocycles. The summed E-state index contributed by atoms with van der Waals surface area (Å²) in [6.07, 6.45) is 1.10. The number of amides is 1. The third kappa shape index (κ3) is 4.61. The highest BCUT2D eigenvalue weighted by molar-refractivity contribution is 5.94. The van der Waals surface area contributed by atoms with Gasteiger partial charge in [-0.3, -0.25) is 9.69 Å². The SMILES string of the molecule is COc1ccc(N)cc1NC(=O)CN1CCCOC(C)C1. The van der Waals surface area contributed by atoms with Crippen LogP contribution in [0.15, 0.2) is 18.2 Å². The molecule has 3 N–H and O–H groups in total. The molecule has 1 atom stereocenters. The summed E-state index contributed by atoms with van der Waals surface area (Å²) in [5, 5.41) is 2.86. The topological polar surface area (TPSA) is 76.8 Å². The van der Waals surface area contributed by atoms with E-state index >= 15 is 0 Å². The minimum atomic E-state index is -0.0759. The number of benzene rings is 1. The number of hydrogen-bond donors (Lipinski definition) is 2. The lowest BCUT2D eigenvalue weighted by Crippen LogP contribution is -2.37. The molecule has 1 amide bonds. The van der Waals surface area contributed by atoms with E-state index in [0.29, 0.717) is 23.7 Å². The second kappa shape index (κ2) is 7.28. The molecule has 0 aliphatic carbocycles. The van der Waals surface area contributed by atoms with Gasteiger partial charge in [0.1, 0.15) is 5.75 Å². The maximum absolute atomic E-state index is 12.2. The van der Waals surface area contributed by atoms with Crippen molar-refractivity contribution in [2.24, 2.45) is 0 Å². The molecule has 1 aromatic carbocycles. The Morgan fingerprint density at radius 1 is 1.57 bits per heavy atom. The fourth-order valence-electron chi connectivity index (χ4n) is 2.44. The fourth-order valence-corrected chi connectivity index (χ4v) is 2.44. The number of hydrogen-bond acceptors (Lipinski definition) is 5. The van der Waals surface area contributed by atoms with E-state index in [2.05, 4.69) is 10.2 Å². The van der Waals surface area contributed by atoms with Crippen molar-refractivity contribution >= 4 is 17.3 Å². The predicted molar refractivity (Wildman–Crippen MR) is 82.5 cm³/mol. The van der Waals surface area contributed by atoms with Gasteiger partial charge in [-0.1, -0.05) is 0 Å². The number of anilines is 2. The van der Waals surface area contributed by atoms with Crippen molar-refractivity contribution < 1.29 is 14.3 Å². The first-order valence-electron chi connectivity index (χ1n) is 7.16. The van der Waals surface area contributed by atoms with Crippen LogP contribution in [0, 0.1) is 0 Å². The van der Waals surface area contributed by atoms with Crippen molar-refractivity contribution in [2.45, 2.75) is 19.4 Å². The van der Waals surface area contributed by atoms with Crippen LogP contribution in [0.1, 0.15) is 13.3 Å². The number of carbonyl (C=O) groups is 1. The van der Waals surface area contributed by atoms with E-state index < -0.39 is 0 Å². The smallest absolute Gasteiger partial charge is 0.238 e. The monoisotopic (exact) mass is 293 g/mol. The largest absolute Gasteiger partial charge is 0.495 e. The molecule has 1 aromatic rings.